The molecule has 2 aliphatic rings. The molecule has 0 saturated carbocycles. The van der Waals surface area contributed by atoms with Crippen molar-refractivity contribution in [2.75, 3.05) is 50.5 Å². The van der Waals surface area contributed by atoms with Gasteiger partial charge in [-0.1, -0.05) is 0 Å². The second-order valence-electron chi connectivity index (χ2n) is 5.33. The molecule has 1 fully saturated rings. The van der Waals surface area contributed by atoms with E-state index in [2.05, 4.69) is 23.8 Å². The van der Waals surface area contributed by atoms with E-state index < -0.39 is 0 Å². The molecule has 0 aliphatic carbocycles. The van der Waals surface area contributed by atoms with Crippen LogP contribution in [0.4, 0.5) is 11.4 Å². The quantitative estimate of drug-likeness (QED) is 0.771. The van der Waals surface area contributed by atoms with Crippen molar-refractivity contribution in [1.82, 2.24) is 4.90 Å². The zero-order chi connectivity index (χ0) is 13.4. The summed E-state index contributed by atoms with van der Waals surface area (Å²) in [6, 6.07) is 4.43. The molecule has 5 nitrogen and oxygen atoms in total. The molecule has 1 aromatic rings. The van der Waals surface area contributed by atoms with Gasteiger partial charge in [0.05, 0.1) is 11.4 Å². The van der Waals surface area contributed by atoms with Crippen molar-refractivity contribution in [3.63, 3.8) is 0 Å². The number of rotatable bonds is 1. The van der Waals surface area contributed by atoms with Gasteiger partial charge in [0, 0.05) is 37.8 Å². The summed E-state index contributed by atoms with van der Waals surface area (Å²) in [4.78, 5) is 4.70. The molecular formula is C14H21N3O2. The fraction of sp³-hybridized carbons (Fsp3) is 0.571. The van der Waals surface area contributed by atoms with Crippen molar-refractivity contribution in [2.45, 2.75) is 13.0 Å². The molecule has 1 saturated heterocycles. The number of fused-ring (bicyclic) bond motifs is 1. The monoisotopic (exact) mass is 263 g/mol. The molecule has 19 heavy (non-hydrogen) atoms. The third-order valence-electron chi connectivity index (χ3n) is 3.99. The Kier molecular flexibility index (Phi) is 3.14. The standard InChI is InChI=1S/C14H21N3O2/c1-10-9-17(4-3-16(10)2)12-8-14-13(7-11(12)15)18-5-6-19-14/h7-8,10H,3-6,9,15H2,1-2H3. The van der Waals surface area contributed by atoms with Gasteiger partial charge >= 0.3 is 0 Å². The molecule has 0 aromatic heterocycles. The largest absolute Gasteiger partial charge is 0.486 e. The summed E-state index contributed by atoms with van der Waals surface area (Å²) in [7, 11) is 2.16. The number of nitrogens with two attached hydrogens (primary N) is 1. The van der Waals surface area contributed by atoms with Crippen LogP contribution in [0.1, 0.15) is 6.92 Å². The van der Waals surface area contributed by atoms with Gasteiger partial charge in [-0.3, -0.25) is 0 Å². The predicted molar refractivity (Wildman–Crippen MR) is 76.1 cm³/mol. The molecule has 2 heterocycles. The minimum atomic E-state index is 0.529. The average molecular weight is 263 g/mol. The topological polar surface area (TPSA) is 51.0 Å². The second-order valence-corrected chi connectivity index (χ2v) is 5.33. The molecule has 104 valence electrons. The zero-order valence-electron chi connectivity index (χ0n) is 11.6. The smallest absolute Gasteiger partial charge is 0.163 e. The van der Waals surface area contributed by atoms with Gasteiger partial charge in [0.25, 0.3) is 0 Å². The van der Waals surface area contributed by atoms with Gasteiger partial charge in [0.15, 0.2) is 11.5 Å². The van der Waals surface area contributed by atoms with E-state index in [0.29, 0.717) is 19.3 Å². The van der Waals surface area contributed by atoms with E-state index in [1.54, 1.807) is 0 Å². The maximum absolute atomic E-state index is 6.16. The maximum atomic E-state index is 6.16. The van der Waals surface area contributed by atoms with Crippen LogP contribution in [0.25, 0.3) is 0 Å². The molecule has 0 radical (unpaired) electrons. The van der Waals surface area contributed by atoms with Crippen molar-refractivity contribution in [3.8, 4) is 11.5 Å². The fourth-order valence-corrected chi connectivity index (χ4v) is 2.63. The Labute approximate surface area is 113 Å². The Bertz CT molecular complexity index is 478. The summed E-state index contributed by atoms with van der Waals surface area (Å²) in [6.45, 7) is 6.47. The summed E-state index contributed by atoms with van der Waals surface area (Å²) in [5, 5.41) is 0. The number of benzene rings is 1. The van der Waals surface area contributed by atoms with Crippen LogP contribution in [0.2, 0.25) is 0 Å². The van der Waals surface area contributed by atoms with Crippen molar-refractivity contribution < 1.29 is 9.47 Å². The first kappa shape index (κ1) is 12.4. The summed E-state index contributed by atoms with van der Waals surface area (Å²) < 4.78 is 11.2. The molecule has 2 N–H and O–H groups in total. The number of nitrogen functional groups attached to an aromatic ring is 1. The lowest BCUT2D eigenvalue weighted by atomic mass is 10.1. The van der Waals surface area contributed by atoms with E-state index in [1.165, 1.54) is 0 Å². The Hall–Kier alpha value is -1.62. The van der Waals surface area contributed by atoms with Gasteiger partial charge in [0.2, 0.25) is 0 Å². The van der Waals surface area contributed by atoms with Crippen molar-refractivity contribution >= 4 is 11.4 Å². The van der Waals surface area contributed by atoms with Gasteiger partial charge < -0.3 is 25.0 Å². The molecule has 1 atom stereocenters. The lowest BCUT2D eigenvalue weighted by molar-refractivity contribution is 0.171. The van der Waals surface area contributed by atoms with Gasteiger partial charge in [-0.05, 0) is 14.0 Å². The minimum absolute atomic E-state index is 0.529. The molecule has 1 unspecified atom stereocenters. The highest BCUT2D eigenvalue weighted by Gasteiger charge is 2.24. The third-order valence-corrected chi connectivity index (χ3v) is 3.99. The van der Waals surface area contributed by atoms with Crippen molar-refractivity contribution in [3.05, 3.63) is 12.1 Å². The molecule has 5 heteroatoms. The van der Waals surface area contributed by atoms with Gasteiger partial charge in [-0.2, -0.15) is 0 Å². The SMILES string of the molecule is CC1CN(c2cc3c(cc2N)OCCO3)CCN1C. The molecular weight excluding hydrogens is 242 g/mol. The lowest BCUT2D eigenvalue weighted by Gasteiger charge is -2.39. The highest BCUT2D eigenvalue weighted by Crippen LogP contribution is 2.39. The van der Waals surface area contributed by atoms with Gasteiger partial charge in [-0.25, -0.2) is 0 Å². The molecule has 3 rings (SSSR count). The van der Waals surface area contributed by atoms with Crippen LogP contribution in [0.15, 0.2) is 12.1 Å². The average Bonchev–Trinajstić information content (AvgIpc) is 2.41. The van der Waals surface area contributed by atoms with E-state index in [1.807, 2.05) is 12.1 Å². The molecule has 2 aliphatic heterocycles. The maximum Gasteiger partial charge on any atom is 0.163 e. The van der Waals surface area contributed by atoms with Crippen LogP contribution >= 0.6 is 0 Å². The normalized spacial score (nSPS) is 23.5. The number of piperazine rings is 1. The highest BCUT2D eigenvalue weighted by molar-refractivity contribution is 5.73. The number of likely N-dealkylation sites (N-methyl/N-ethyl adjacent to an activating group) is 1. The second kappa shape index (κ2) is 4.81. The van der Waals surface area contributed by atoms with Crippen LogP contribution in [0, 0.1) is 0 Å². The van der Waals surface area contributed by atoms with Crippen LogP contribution in [0.3, 0.4) is 0 Å². The molecule has 1 aromatic carbocycles. The number of hydrogen-bond acceptors (Lipinski definition) is 5. The Balaban J connectivity index is 1.88. The zero-order valence-corrected chi connectivity index (χ0v) is 11.6. The summed E-state index contributed by atoms with van der Waals surface area (Å²) in [5.41, 5.74) is 7.99. The summed E-state index contributed by atoms with van der Waals surface area (Å²) in [5.74, 6) is 1.57. The molecule has 0 bridgehead atoms. The summed E-state index contributed by atoms with van der Waals surface area (Å²) >= 11 is 0. The Morgan fingerprint density at radius 1 is 1.16 bits per heavy atom. The molecule has 0 amide bonds. The number of anilines is 2. The van der Waals surface area contributed by atoms with Crippen LogP contribution in [0.5, 0.6) is 11.5 Å². The molecule has 0 spiro atoms. The number of hydrogen-bond donors (Lipinski definition) is 1. The van der Waals surface area contributed by atoms with E-state index in [9.17, 15) is 0 Å². The fourth-order valence-electron chi connectivity index (χ4n) is 2.63. The van der Waals surface area contributed by atoms with E-state index in [4.69, 9.17) is 15.2 Å². The number of nitrogens with zero attached hydrogens (tertiary/aromatic N) is 2. The first-order valence-electron chi connectivity index (χ1n) is 6.79. The van der Waals surface area contributed by atoms with E-state index in [0.717, 1.165) is 42.5 Å². The van der Waals surface area contributed by atoms with E-state index in [-0.39, 0.29) is 0 Å². The van der Waals surface area contributed by atoms with Crippen LogP contribution < -0.4 is 20.1 Å². The van der Waals surface area contributed by atoms with Gasteiger partial charge in [-0.15, -0.1) is 0 Å². The first-order chi connectivity index (χ1) is 9.15. The Morgan fingerprint density at radius 2 is 1.84 bits per heavy atom. The van der Waals surface area contributed by atoms with E-state index >= 15 is 0 Å². The first-order valence-corrected chi connectivity index (χ1v) is 6.79. The third kappa shape index (κ3) is 2.30. The summed E-state index contributed by atoms with van der Waals surface area (Å²) in [6.07, 6.45) is 0. The minimum Gasteiger partial charge on any atom is -0.486 e. The number of ether oxygens (including phenoxy) is 2. The lowest BCUT2D eigenvalue weighted by Crippen LogP contribution is -2.50. The van der Waals surface area contributed by atoms with Crippen LogP contribution in [-0.2, 0) is 0 Å². The Morgan fingerprint density at radius 3 is 2.53 bits per heavy atom. The highest BCUT2D eigenvalue weighted by atomic mass is 16.6. The van der Waals surface area contributed by atoms with Crippen LogP contribution in [-0.4, -0.2) is 50.8 Å². The predicted octanol–water partition coefficient (Wildman–Crippen LogP) is 1.18. The van der Waals surface area contributed by atoms with Crippen molar-refractivity contribution in [1.29, 1.82) is 0 Å². The van der Waals surface area contributed by atoms with Crippen molar-refractivity contribution in [2.24, 2.45) is 0 Å². The van der Waals surface area contributed by atoms with Gasteiger partial charge in [0.1, 0.15) is 13.2 Å².